The molecule has 7 nitrogen and oxygen atoms in total. The second kappa shape index (κ2) is 7.01. The molecule has 0 saturated heterocycles. The summed E-state index contributed by atoms with van der Waals surface area (Å²) in [5.74, 6) is -0.215. The Bertz CT molecular complexity index is 938. The van der Waals surface area contributed by atoms with Gasteiger partial charge in [-0.1, -0.05) is 37.9 Å². The average molecular weight is 559 g/mol. The summed E-state index contributed by atoms with van der Waals surface area (Å²) in [5.41, 5.74) is 0.0673. The molecule has 0 heterocycles. The fraction of sp³-hybridized carbons (Fsp3) is 0.286. The molecule has 0 aliphatic heterocycles. The molecule has 0 N–H and O–H groups in total. The number of allylic oxidation sites excluding steroid dienone is 2. The predicted octanol–water partition coefficient (Wildman–Crippen LogP) is 3.89. The molecule has 0 bridgehead atoms. The Hall–Kier alpha value is -0.910. The number of ketones is 1. The minimum atomic E-state index is -4.22. The Balaban J connectivity index is 2.63. The number of nitro groups is 1. The number of carbonyl (C=O) groups excluding carboxylic acids is 1. The fourth-order valence-electron chi connectivity index (χ4n) is 2.17. The molecule has 2 unspecified atom stereocenters. The van der Waals surface area contributed by atoms with Crippen LogP contribution in [-0.2, 0) is 14.8 Å². The van der Waals surface area contributed by atoms with Crippen LogP contribution in [0.25, 0.3) is 0 Å². The van der Waals surface area contributed by atoms with E-state index in [1.165, 1.54) is 18.2 Å². The summed E-state index contributed by atoms with van der Waals surface area (Å²) in [5, 5.41) is 10.8. The van der Waals surface area contributed by atoms with Gasteiger partial charge in [0, 0.05) is 22.2 Å². The van der Waals surface area contributed by atoms with Gasteiger partial charge in [0.05, 0.1) is 20.4 Å². The highest BCUT2D eigenvalue weighted by molar-refractivity contribution is 9.13. The lowest BCUT2D eigenvalue weighted by molar-refractivity contribution is -0.385. The quantitative estimate of drug-likeness (QED) is 0.318. The molecule has 0 fully saturated rings. The zero-order valence-electron chi connectivity index (χ0n) is 12.9. The number of nitro benzene ring substituents is 1. The maximum absolute atomic E-state index is 12.6. The molecular formula is C14H11Br3N2O5S. The summed E-state index contributed by atoms with van der Waals surface area (Å²) < 4.78 is 28.2. The van der Waals surface area contributed by atoms with E-state index in [4.69, 9.17) is 0 Å². The summed E-state index contributed by atoms with van der Waals surface area (Å²) in [6, 6.07) is 4.62. The van der Waals surface area contributed by atoms with Gasteiger partial charge in [-0.3, -0.25) is 14.9 Å². The van der Waals surface area contributed by atoms with E-state index in [9.17, 15) is 23.3 Å². The standard InChI is InChI=1S/C14H11Br3N2O5S/c1-7-10(15)11(12(16)14(2,17)13(7)20)18-25(23,24)9-5-3-4-8(6-9)19(21)22/h3-6,12H,1-2H3. The van der Waals surface area contributed by atoms with Crippen molar-refractivity contribution in [1.29, 1.82) is 0 Å². The molecule has 2 atom stereocenters. The van der Waals surface area contributed by atoms with Crippen molar-refractivity contribution >= 4 is 75.0 Å². The van der Waals surface area contributed by atoms with E-state index in [0.29, 0.717) is 5.57 Å². The Morgan fingerprint density at radius 2 is 1.96 bits per heavy atom. The second-order valence-corrected chi connectivity index (χ2v) is 10.4. The number of carbonyl (C=O) groups is 1. The van der Waals surface area contributed by atoms with Crippen LogP contribution >= 0.6 is 47.8 Å². The number of Topliss-reactive ketones (excluding diaryl/α,β-unsaturated/α-hetero) is 1. The number of sulfonamides is 1. The lowest BCUT2D eigenvalue weighted by Gasteiger charge is -2.33. The van der Waals surface area contributed by atoms with Gasteiger partial charge in [0.2, 0.25) is 0 Å². The molecule has 11 heteroatoms. The molecule has 1 aromatic rings. The zero-order chi connectivity index (χ0) is 19.2. The van der Waals surface area contributed by atoms with Gasteiger partial charge in [0.1, 0.15) is 4.32 Å². The third-order valence-corrected chi connectivity index (χ3v) is 8.67. The van der Waals surface area contributed by atoms with Crippen molar-refractivity contribution in [3.63, 3.8) is 0 Å². The highest BCUT2D eigenvalue weighted by atomic mass is 79.9. The first-order chi connectivity index (χ1) is 11.4. The van der Waals surface area contributed by atoms with Crippen molar-refractivity contribution in [3.8, 4) is 0 Å². The molecule has 134 valence electrons. The van der Waals surface area contributed by atoms with Gasteiger partial charge in [0.15, 0.2) is 5.78 Å². The van der Waals surface area contributed by atoms with E-state index in [-0.39, 0.29) is 26.6 Å². The number of halogens is 3. The van der Waals surface area contributed by atoms with Crippen molar-refractivity contribution in [2.75, 3.05) is 0 Å². The molecule has 1 aliphatic carbocycles. The zero-order valence-corrected chi connectivity index (χ0v) is 18.4. The second-order valence-electron chi connectivity index (χ2n) is 5.41. The topological polar surface area (TPSA) is 107 Å². The van der Waals surface area contributed by atoms with Gasteiger partial charge in [-0.15, -0.1) is 0 Å². The van der Waals surface area contributed by atoms with Crippen LogP contribution in [0, 0.1) is 10.1 Å². The SMILES string of the molecule is CC1=C(Br)C(=NS(=O)(=O)c2cccc([N+](=O)[O-])c2)C(Br)C(C)(Br)C1=O. The van der Waals surface area contributed by atoms with E-state index >= 15 is 0 Å². The first-order valence-electron chi connectivity index (χ1n) is 6.73. The molecule has 25 heavy (non-hydrogen) atoms. The number of benzene rings is 1. The smallest absolute Gasteiger partial charge is 0.282 e. The number of nitrogens with zero attached hydrogens (tertiary/aromatic N) is 2. The molecule has 0 saturated carbocycles. The Labute approximate surface area is 169 Å². The molecule has 0 radical (unpaired) electrons. The molecule has 1 aliphatic rings. The van der Waals surface area contributed by atoms with E-state index in [1.807, 2.05) is 0 Å². The number of alkyl halides is 2. The van der Waals surface area contributed by atoms with Gasteiger partial charge < -0.3 is 0 Å². The molecule has 2 rings (SSSR count). The maximum Gasteiger partial charge on any atom is 0.282 e. The van der Waals surface area contributed by atoms with Crippen LogP contribution in [0.4, 0.5) is 5.69 Å². The van der Waals surface area contributed by atoms with E-state index in [1.54, 1.807) is 13.8 Å². The van der Waals surface area contributed by atoms with Crippen molar-refractivity contribution in [2.45, 2.75) is 27.9 Å². The van der Waals surface area contributed by atoms with Gasteiger partial charge in [-0.25, -0.2) is 0 Å². The van der Waals surface area contributed by atoms with Gasteiger partial charge in [0.25, 0.3) is 15.7 Å². The highest BCUT2D eigenvalue weighted by Crippen LogP contribution is 2.41. The third-order valence-electron chi connectivity index (χ3n) is 3.60. The monoisotopic (exact) mass is 556 g/mol. The van der Waals surface area contributed by atoms with Crippen molar-refractivity contribution < 1.29 is 18.1 Å². The van der Waals surface area contributed by atoms with Crippen LogP contribution in [0.3, 0.4) is 0 Å². The van der Waals surface area contributed by atoms with Crippen LogP contribution in [0.15, 0.2) is 43.6 Å². The number of hydrogen-bond donors (Lipinski definition) is 0. The minimum Gasteiger partial charge on any atom is -0.293 e. The van der Waals surface area contributed by atoms with Gasteiger partial charge in [-0.05, 0) is 35.8 Å². The minimum absolute atomic E-state index is 0.1000. The molecule has 1 aromatic carbocycles. The van der Waals surface area contributed by atoms with Crippen LogP contribution < -0.4 is 0 Å². The van der Waals surface area contributed by atoms with Crippen LogP contribution in [0.5, 0.6) is 0 Å². The van der Waals surface area contributed by atoms with Crippen molar-refractivity contribution in [2.24, 2.45) is 4.40 Å². The highest BCUT2D eigenvalue weighted by Gasteiger charge is 2.46. The Kier molecular flexibility index (Phi) is 5.72. The Morgan fingerprint density at radius 3 is 2.52 bits per heavy atom. The van der Waals surface area contributed by atoms with Gasteiger partial charge in [-0.2, -0.15) is 12.8 Å². The first-order valence-corrected chi connectivity index (χ1v) is 10.7. The maximum atomic E-state index is 12.6. The van der Waals surface area contributed by atoms with Gasteiger partial charge >= 0.3 is 0 Å². The largest absolute Gasteiger partial charge is 0.293 e. The van der Waals surface area contributed by atoms with E-state index < -0.39 is 24.1 Å². The molecular weight excluding hydrogens is 548 g/mol. The molecule has 0 spiro atoms. The number of rotatable bonds is 3. The Morgan fingerprint density at radius 1 is 1.36 bits per heavy atom. The average Bonchev–Trinajstić information content (AvgIpc) is 2.56. The number of non-ortho nitro benzene ring substituents is 1. The summed E-state index contributed by atoms with van der Waals surface area (Å²) in [6.07, 6.45) is 0. The van der Waals surface area contributed by atoms with Crippen LogP contribution in [0.1, 0.15) is 13.8 Å². The lowest BCUT2D eigenvalue weighted by Crippen LogP contribution is -2.47. The number of hydrogen-bond acceptors (Lipinski definition) is 5. The van der Waals surface area contributed by atoms with Crippen molar-refractivity contribution in [3.05, 3.63) is 44.4 Å². The fourth-order valence-corrected chi connectivity index (χ4v) is 5.36. The molecule has 0 aromatic heterocycles. The summed E-state index contributed by atoms with van der Waals surface area (Å²) in [6.45, 7) is 3.16. The molecule has 0 amide bonds. The predicted molar refractivity (Wildman–Crippen MR) is 104 cm³/mol. The summed E-state index contributed by atoms with van der Waals surface area (Å²) in [4.78, 5) is 21.5. The summed E-state index contributed by atoms with van der Waals surface area (Å²) >= 11 is 9.84. The van der Waals surface area contributed by atoms with Crippen LogP contribution in [-0.4, -0.2) is 34.0 Å². The van der Waals surface area contributed by atoms with E-state index in [2.05, 4.69) is 52.2 Å². The summed E-state index contributed by atoms with van der Waals surface area (Å²) in [7, 11) is -4.22. The lowest BCUT2D eigenvalue weighted by atomic mass is 9.88. The van der Waals surface area contributed by atoms with Crippen molar-refractivity contribution in [1.82, 2.24) is 0 Å². The first kappa shape index (κ1) is 20.4. The van der Waals surface area contributed by atoms with Crippen LogP contribution in [0.2, 0.25) is 0 Å². The third kappa shape index (κ3) is 3.79. The normalized spacial score (nSPS) is 26.2. The van der Waals surface area contributed by atoms with E-state index in [0.717, 1.165) is 6.07 Å².